The summed E-state index contributed by atoms with van der Waals surface area (Å²) < 4.78 is 0. The number of aliphatic imine (C=N–C) groups is 1. The van der Waals surface area contributed by atoms with Crippen molar-refractivity contribution in [3.63, 3.8) is 0 Å². The van der Waals surface area contributed by atoms with Crippen LogP contribution in [0.5, 0.6) is 0 Å². The van der Waals surface area contributed by atoms with E-state index in [-0.39, 0.29) is 12.5 Å². The maximum absolute atomic E-state index is 11.6. The topological polar surface area (TPSA) is 41.5 Å². The summed E-state index contributed by atoms with van der Waals surface area (Å²) in [5.41, 5.74) is 3.29. The number of fused-ring (bicyclic) bond motifs is 1. The van der Waals surface area contributed by atoms with E-state index in [1.165, 1.54) is 0 Å². The van der Waals surface area contributed by atoms with Crippen LogP contribution in [0, 0.1) is 0 Å². The van der Waals surface area contributed by atoms with Gasteiger partial charge in [-0.3, -0.25) is 9.79 Å². The summed E-state index contributed by atoms with van der Waals surface area (Å²) in [4.78, 5) is 15.9. The minimum absolute atomic E-state index is 0.112. The van der Waals surface area contributed by atoms with Crippen LogP contribution in [0.3, 0.4) is 0 Å². The van der Waals surface area contributed by atoms with Gasteiger partial charge in [0.15, 0.2) is 0 Å². The van der Waals surface area contributed by atoms with Gasteiger partial charge in [-0.1, -0.05) is 49.6 Å². The molecule has 0 saturated carbocycles. The molecule has 1 heterocycles. The number of allylic oxidation sites excluding steroid dienone is 4. The van der Waals surface area contributed by atoms with Gasteiger partial charge in [-0.05, 0) is 11.6 Å². The van der Waals surface area contributed by atoms with E-state index in [0.717, 1.165) is 22.5 Å². The van der Waals surface area contributed by atoms with E-state index in [1.807, 2.05) is 30.3 Å². The van der Waals surface area contributed by atoms with Crippen molar-refractivity contribution in [1.29, 1.82) is 0 Å². The average molecular weight is 238 g/mol. The number of hydrogen-bond acceptors (Lipinski definition) is 2. The third-order valence-corrected chi connectivity index (χ3v) is 2.63. The third-order valence-electron chi connectivity index (χ3n) is 2.63. The smallest absolute Gasteiger partial charge is 0.246 e. The van der Waals surface area contributed by atoms with Gasteiger partial charge in [0.05, 0.1) is 11.4 Å². The van der Waals surface area contributed by atoms with E-state index in [1.54, 1.807) is 12.2 Å². The summed E-state index contributed by atoms with van der Waals surface area (Å²) in [6.07, 6.45) is 5.23. The molecule has 3 heteroatoms. The van der Waals surface area contributed by atoms with Crippen LogP contribution in [0.4, 0.5) is 5.69 Å². The Balaban J connectivity index is 2.59. The van der Waals surface area contributed by atoms with E-state index in [9.17, 15) is 4.79 Å². The minimum Gasteiger partial charge on any atom is -0.324 e. The summed E-state index contributed by atoms with van der Waals surface area (Å²) >= 11 is 0. The molecule has 1 N–H and O–H groups in total. The molecule has 0 aromatic heterocycles. The van der Waals surface area contributed by atoms with Crippen molar-refractivity contribution in [2.24, 2.45) is 4.99 Å². The zero-order valence-electron chi connectivity index (χ0n) is 10.0. The molecule has 0 bridgehead atoms. The number of carbonyl (C=O) groups is 1. The predicted molar refractivity (Wildman–Crippen MR) is 75.0 cm³/mol. The Bertz CT molecular complexity index is 568. The van der Waals surface area contributed by atoms with Crippen LogP contribution < -0.4 is 5.32 Å². The SMILES string of the molecule is C=C/C=C(\C=C)C1=NCC(=O)Nc2ccccc21. The highest BCUT2D eigenvalue weighted by atomic mass is 16.1. The second kappa shape index (κ2) is 5.27. The number of anilines is 1. The normalized spacial score (nSPS) is 15.0. The zero-order valence-corrected chi connectivity index (χ0v) is 10.0. The quantitative estimate of drug-likeness (QED) is 0.808. The molecule has 0 spiro atoms. The number of benzodiazepines with no additional fused rings is 1. The van der Waals surface area contributed by atoms with E-state index in [2.05, 4.69) is 23.5 Å². The zero-order chi connectivity index (χ0) is 13.0. The first-order valence-electron chi connectivity index (χ1n) is 5.65. The Kier molecular flexibility index (Phi) is 3.53. The standard InChI is InChI=1S/C15H14N2O/c1-3-7-11(4-2)15-12-8-5-6-9-13(12)17-14(18)10-16-15/h3-9H,1-2,10H2,(H,17,18)/b11-7+. The third kappa shape index (κ3) is 2.30. The van der Waals surface area contributed by atoms with Crippen LogP contribution in [-0.2, 0) is 4.79 Å². The summed E-state index contributed by atoms with van der Waals surface area (Å²) in [6.45, 7) is 7.57. The number of nitrogens with zero attached hydrogens (tertiary/aromatic N) is 1. The number of rotatable bonds is 3. The van der Waals surface area contributed by atoms with Gasteiger partial charge in [0.25, 0.3) is 0 Å². The highest BCUT2D eigenvalue weighted by Gasteiger charge is 2.17. The molecule has 0 radical (unpaired) electrons. The number of para-hydroxylation sites is 1. The van der Waals surface area contributed by atoms with Crippen LogP contribution in [0.2, 0.25) is 0 Å². The molecule has 90 valence electrons. The van der Waals surface area contributed by atoms with Crippen molar-refractivity contribution in [2.45, 2.75) is 0 Å². The Hall–Kier alpha value is -2.42. The van der Waals surface area contributed by atoms with Gasteiger partial charge in [0.1, 0.15) is 6.54 Å². The lowest BCUT2D eigenvalue weighted by Crippen LogP contribution is -2.13. The molecule has 18 heavy (non-hydrogen) atoms. The second-order valence-electron chi connectivity index (χ2n) is 3.82. The predicted octanol–water partition coefficient (Wildman–Crippen LogP) is 2.73. The number of benzene rings is 1. The first kappa shape index (κ1) is 12.0. The molecule has 1 aliphatic rings. The molecule has 1 aliphatic heterocycles. The molecule has 0 fully saturated rings. The van der Waals surface area contributed by atoms with Gasteiger partial charge >= 0.3 is 0 Å². The molecule has 3 nitrogen and oxygen atoms in total. The maximum Gasteiger partial charge on any atom is 0.246 e. The summed E-state index contributed by atoms with van der Waals surface area (Å²) in [5.74, 6) is -0.112. The van der Waals surface area contributed by atoms with E-state index < -0.39 is 0 Å². The van der Waals surface area contributed by atoms with Crippen LogP contribution >= 0.6 is 0 Å². The van der Waals surface area contributed by atoms with Crippen LogP contribution in [0.25, 0.3) is 0 Å². The molecule has 0 aliphatic carbocycles. The molecule has 2 rings (SSSR count). The molecular weight excluding hydrogens is 224 g/mol. The highest BCUT2D eigenvalue weighted by Crippen LogP contribution is 2.22. The van der Waals surface area contributed by atoms with Gasteiger partial charge < -0.3 is 5.32 Å². The van der Waals surface area contributed by atoms with Gasteiger partial charge in [0.2, 0.25) is 5.91 Å². The van der Waals surface area contributed by atoms with Crippen molar-refractivity contribution in [2.75, 3.05) is 11.9 Å². The lowest BCUT2D eigenvalue weighted by atomic mass is 10.0. The number of carbonyl (C=O) groups excluding carboxylic acids is 1. The molecule has 0 saturated heterocycles. The van der Waals surface area contributed by atoms with E-state index in [0.29, 0.717) is 0 Å². The lowest BCUT2D eigenvalue weighted by Gasteiger charge is -2.09. The molecule has 0 unspecified atom stereocenters. The first-order valence-corrected chi connectivity index (χ1v) is 5.65. The van der Waals surface area contributed by atoms with E-state index >= 15 is 0 Å². The number of nitrogens with one attached hydrogen (secondary N) is 1. The Labute approximate surface area is 106 Å². The van der Waals surface area contributed by atoms with Gasteiger partial charge in [-0.2, -0.15) is 0 Å². The van der Waals surface area contributed by atoms with Gasteiger partial charge in [0, 0.05) is 5.56 Å². The van der Waals surface area contributed by atoms with Crippen molar-refractivity contribution in [3.05, 3.63) is 66.8 Å². The molecule has 1 aromatic carbocycles. The molecule has 0 atom stereocenters. The van der Waals surface area contributed by atoms with Crippen molar-refractivity contribution >= 4 is 17.3 Å². The number of hydrogen-bond donors (Lipinski definition) is 1. The van der Waals surface area contributed by atoms with Crippen LogP contribution in [0.1, 0.15) is 5.56 Å². The first-order chi connectivity index (χ1) is 8.76. The van der Waals surface area contributed by atoms with E-state index in [4.69, 9.17) is 0 Å². The summed E-state index contributed by atoms with van der Waals surface area (Å²) in [7, 11) is 0. The maximum atomic E-state index is 11.6. The van der Waals surface area contributed by atoms with Crippen molar-refractivity contribution in [3.8, 4) is 0 Å². The highest BCUT2D eigenvalue weighted by molar-refractivity contribution is 6.20. The molecular formula is C15H14N2O. The molecule has 1 aromatic rings. The largest absolute Gasteiger partial charge is 0.324 e. The lowest BCUT2D eigenvalue weighted by molar-refractivity contribution is -0.114. The minimum atomic E-state index is -0.112. The Morgan fingerprint density at radius 3 is 2.83 bits per heavy atom. The fraction of sp³-hybridized carbons (Fsp3) is 0.0667. The Morgan fingerprint density at radius 2 is 2.11 bits per heavy atom. The van der Waals surface area contributed by atoms with Crippen molar-refractivity contribution in [1.82, 2.24) is 0 Å². The monoisotopic (exact) mass is 238 g/mol. The van der Waals surface area contributed by atoms with Gasteiger partial charge in [-0.15, -0.1) is 0 Å². The number of amides is 1. The van der Waals surface area contributed by atoms with Crippen LogP contribution in [0.15, 0.2) is 66.2 Å². The fourth-order valence-corrected chi connectivity index (χ4v) is 1.84. The summed E-state index contributed by atoms with van der Waals surface area (Å²) in [6, 6.07) is 7.59. The van der Waals surface area contributed by atoms with Crippen LogP contribution in [-0.4, -0.2) is 18.2 Å². The summed E-state index contributed by atoms with van der Waals surface area (Å²) in [5, 5.41) is 2.83. The Morgan fingerprint density at radius 1 is 1.33 bits per heavy atom. The van der Waals surface area contributed by atoms with Gasteiger partial charge in [-0.25, -0.2) is 0 Å². The fourth-order valence-electron chi connectivity index (χ4n) is 1.84. The van der Waals surface area contributed by atoms with Crippen molar-refractivity contribution < 1.29 is 4.79 Å². The molecule has 1 amide bonds. The second-order valence-corrected chi connectivity index (χ2v) is 3.82. The average Bonchev–Trinajstić information content (AvgIpc) is 2.55.